The van der Waals surface area contributed by atoms with Gasteiger partial charge in [-0.1, -0.05) is 26.8 Å². The molecule has 0 heterocycles. The second kappa shape index (κ2) is 9.87. The molecule has 1 aromatic rings. The summed E-state index contributed by atoms with van der Waals surface area (Å²) in [7, 11) is 4.42. The van der Waals surface area contributed by atoms with Crippen LogP contribution in [0.1, 0.15) is 39.2 Å². The maximum absolute atomic E-state index is 13.1. The van der Waals surface area contributed by atoms with Crippen molar-refractivity contribution >= 4 is 23.2 Å². The molecule has 0 amide bonds. The first-order chi connectivity index (χ1) is 14.2. The van der Waals surface area contributed by atoms with Gasteiger partial charge in [0.1, 0.15) is 17.6 Å². The van der Waals surface area contributed by atoms with E-state index < -0.39 is 29.0 Å². The van der Waals surface area contributed by atoms with Crippen molar-refractivity contribution in [2.45, 2.75) is 40.0 Å². The zero-order valence-electron chi connectivity index (χ0n) is 18.6. The minimum atomic E-state index is -0.975. The number of esters is 1. The van der Waals surface area contributed by atoms with Gasteiger partial charge in [-0.05, 0) is 36.0 Å². The van der Waals surface area contributed by atoms with Crippen molar-refractivity contribution in [2.75, 3.05) is 27.9 Å². The van der Waals surface area contributed by atoms with E-state index >= 15 is 0 Å². The summed E-state index contributed by atoms with van der Waals surface area (Å²) in [5.74, 6) is -1.84. The summed E-state index contributed by atoms with van der Waals surface area (Å²) >= 11 is 0. The molecule has 7 nitrogen and oxygen atoms in total. The molecule has 164 valence electrons. The normalized spacial score (nSPS) is 21.3. The number of aliphatic imine (C=N–C) groups is 1. The van der Waals surface area contributed by atoms with Gasteiger partial charge in [0.05, 0.1) is 21.3 Å². The number of hydrogen-bond acceptors (Lipinski definition) is 7. The Labute approximate surface area is 177 Å². The van der Waals surface area contributed by atoms with E-state index in [4.69, 9.17) is 14.2 Å². The first kappa shape index (κ1) is 23.6. The molecule has 0 radical (unpaired) electrons. The van der Waals surface area contributed by atoms with Crippen molar-refractivity contribution in [2.24, 2.45) is 22.2 Å². The van der Waals surface area contributed by atoms with Gasteiger partial charge in [-0.2, -0.15) is 0 Å². The molecule has 1 aliphatic rings. The van der Waals surface area contributed by atoms with E-state index in [0.29, 0.717) is 36.6 Å². The van der Waals surface area contributed by atoms with Crippen LogP contribution in [0.25, 0.3) is 0 Å². The largest absolute Gasteiger partial charge is 0.493 e. The summed E-state index contributed by atoms with van der Waals surface area (Å²) in [6.07, 6.45) is 1.21. The van der Waals surface area contributed by atoms with Gasteiger partial charge in [0.2, 0.25) is 0 Å². The number of ketones is 2. The lowest BCUT2D eigenvalue weighted by Gasteiger charge is -2.38. The SMILES string of the molecule is CCC(=NCCc1ccc(OC)c(OC)c1)C1C(=O)CC(C)(C)[C@@H](C(=O)OC)C1=O. The second-order valence-electron chi connectivity index (χ2n) is 8.09. The summed E-state index contributed by atoms with van der Waals surface area (Å²) in [6, 6.07) is 5.64. The smallest absolute Gasteiger partial charge is 0.316 e. The van der Waals surface area contributed by atoms with Gasteiger partial charge < -0.3 is 14.2 Å². The van der Waals surface area contributed by atoms with Crippen LogP contribution >= 0.6 is 0 Å². The van der Waals surface area contributed by atoms with Crippen LogP contribution in [-0.4, -0.2) is 51.1 Å². The summed E-state index contributed by atoms with van der Waals surface area (Å²) in [4.78, 5) is 42.7. The molecule has 0 aliphatic heterocycles. The summed E-state index contributed by atoms with van der Waals surface area (Å²) < 4.78 is 15.4. The fourth-order valence-electron chi connectivity index (χ4n) is 4.04. The predicted octanol–water partition coefficient (Wildman–Crippen LogP) is 3.07. The molecular formula is C23H31NO6. The third-order valence-electron chi connectivity index (χ3n) is 5.60. The van der Waals surface area contributed by atoms with Crippen LogP contribution in [0, 0.1) is 17.3 Å². The third-order valence-corrected chi connectivity index (χ3v) is 5.60. The van der Waals surface area contributed by atoms with Crippen molar-refractivity contribution in [1.82, 2.24) is 0 Å². The molecule has 0 saturated heterocycles. The maximum atomic E-state index is 13.1. The minimum absolute atomic E-state index is 0.137. The Bertz CT molecular complexity index is 842. The van der Waals surface area contributed by atoms with Gasteiger partial charge in [0.15, 0.2) is 17.3 Å². The lowest BCUT2D eigenvalue weighted by atomic mass is 9.63. The average Bonchev–Trinajstić information content (AvgIpc) is 2.71. The molecule has 1 aliphatic carbocycles. The van der Waals surface area contributed by atoms with E-state index in [-0.39, 0.29) is 12.2 Å². The van der Waals surface area contributed by atoms with Crippen LogP contribution < -0.4 is 9.47 Å². The van der Waals surface area contributed by atoms with Crippen molar-refractivity contribution in [1.29, 1.82) is 0 Å². The predicted molar refractivity (Wildman–Crippen MR) is 113 cm³/mol. The van der Waals surface area contributed by atoms with E-state index in [1.807, 2.05) is 25.1 Å². The Morgan fingerprint density at radius 3 is 2.37 bits per heavy atom. The number of rotatable bonds is 8. The van der Waals surface area contributed by atoms with Crippen molar-refractivity contribution in [3.8, 4) is 11.5 Å². The third kappa shape index (κ3) is 4.89. The molecule has 0 aromatic heterocycles. The van der Waals surface area contributed by atoms with E-state index in [0.717, 1.165) is 5.56 Å². The Balaban J connectivity index is 2.21. The molecule has 1 saturated carbocycles. The molecule has 1 fully saturated rings. The minimum Gasteiger partial charge on any atom is -0.493 e. The second-order valence-corrected chi connectivity index (χ2v) is 8.09. The molecule has 0 bridgehead atoms. The molecule has 2 atom stereocenters. The van der Waals surface area contributed by atoms with Gasteiger partial charge in [0, 0.05) is 18.7 Å². The van der Waals surface area contributed by atoms with Crippen LogP contribution in [0.2, 0.25) is 0 Å². The zero-order chi connectivity index (χ0) is 22.5. The standard InChI is InChI=1S/C23H31NO6/c1-7-15(24-11-10-14-8-9-17(28-4)18(12-14)29-5)19-16(25)13-23(2,3)20(21(19)26)22(27)30-6/h8-9,12,19-20H,7,10-11,13H2,1-6H3/t19?,20-/m1/s1. The van der Waals surface area contributed by atoms with Gasteiger partial charge in [-0.25, -0.2) is 0 Å². The van der Waals surface area contributed by atoms with Crippen LogP contribution in [-0.2, 0) is 25.5 Å². The molecular weight excluding hydrogens is 386 g/mol. The van der Waals surface area contributed by atoms with E-state index in [1.165, 1.54) is 7.11 Å². The van der Waals surface area contributed by atoms with Gasteiger partial charge in [-0.15, -0.1) is 0 Å². The van der Waals surface area contributed by atoms with Gasteiger partial charge >= 0.3 is 5.97 Å². The molecule has 0 N–H and O–H groups in total. The highest BCUT2D eigenvalue weighted by Crippen LogP contribution is 2.40. The van der Waals surface area contributed by atoms with E-state index in [1.54, 1.807) is 28.1 Å². The molecule has 1 unspecified atom stereocenters. The highest BCUT2D eigenvalue weighted by Gasteiger charge is 2.52. The molecule has 2 rings (SSSR count). The molecule has 30 heavy (non-hydrogen) atoms. The molecule has 0 spiro atoms. The fourth-order valence-corrected chi connectivity index (χ4v) is 4.04. The van der Waals surface area contributed by atoms with Gasteiger partial charge in [-0.3, -0.25) is 19.4 Å². The molecule has 1 aromatic carbocycles. The lowest BCUT2D eigenvalue weighted by Crippen LogP contribution is -2.52. The number of carbonyl (C=O) groups is 3. The van der Waals surface area contributed by atoms with Crippen LogP contribution in [0.15, 0.2) is 23.2 Å². The van der Waals surface area contributed by atoms with Crippen molar-refractivity contribution in [3.05, 3.63) is 23.8 Å². The van der Waals surface area contributed by atoms with E-state index in [2.05, 4.69) is 4.99 Å². The monoisotopic (exact) mass is 417 g/mol. The van der Waals surface area contributed by atoms with Gasteiger partial charge in [0.25, 0.3) is 0 Å². The number of hydrogen-bond donors (Lipinski definition) is 0. The highest BCUT2D eigenvalue weighted by molar-refractivity contribution is 6.26. The maximum Gasteiger partial charge on any atom is 0.316 e. The first-order valence-electron chi connectivity index (χ1n) is 10.1. The van der Waals surface area contributed by atoms with Crippen LogP contribution in [0.5, 0.6) is 11.5 Å². The zero-order valence-corrected chi connectivity index (χ0v) is 18.6. The Morgan fingerprint density at radius 2 is 1.80 bits per heavy atom. The number of Topliss-reactive ketones (excluding diaryl/α,β-unsaturated/α-hetero) is 2. The summed E-state index contributed by atoms with van der Waals surface area (Å²) in [5, 5.41) is 0. The number of methoxy groups -OCH3 is 3. The summed E-state index contributed by atoms with van der Waals surface area (Å²) in [5.41, 5.74) is 0.757. The topological polar surface area (TPSA) is 91.3 Å². The van der Waals surface area contributed by atoms with Crippen molar-refractivity contribution in [3.63, 3.8) is 0 Å². The van der Waals surface area contributed by atoms with Crippen LogP contribution in [0.4, 0.5) is 0 Å². The Hall–Kier alpha value is -2.70. The average molecular weight is 418 g/mol. The van der Waals surface area contributed by atoms with Crippen LogP contribution in [0.3, 0.4) is 0 Å². The Kier molecular flexibility index (Phi) is 7.76. The number of nitrogens with zero attached hydrogens (tertiary/aromatic N) is 1. The lowest BCUT2D eigenvalue weighted by molar-refractivity contribution is -0.159. The first-order valence-corrected chi connectivity index (χ1v) is 10.1. The molecule has 7 heteroatoms. The van der Waals surface area contributed by atoms with E-state index in [9.17, 15) is 14.4 Å². The fraction of sp³-hybridized carbons (Fsp3) is 0.565. The summed E-state index contributed by atoms with van der Waals surface area (Å²) in [6.45, 7) is 5.78. The Morgan fingerprint density at radius 1 is 1.13 bits per heavy atom. The van der Waals surface area contributed by atoms with Crippen molar-refractivity contribution < 1.29 is 28.6 Å². The number of carbonyl (C=O) groups excluding carboxylic acids is 3. The highest BCUT2D eigenvalue weighted by atomic mass is 16.5. The number of benzene rings is 1. The quantitative estimate of drug-likeness (QED) is 0.367. The number of ether oxygens (including phenoxy) is 3.